The summed E-state index contributed by atoms with van der Waals surface area (Å²) < 4.78 is 2.74. The van der Waals surface area contributed by atoms with Crippen LogP contribution in [-0.2, 0) is 11.3 Å². The fourth-order valence-corrected chi connectivity index (χ4v) is 2.30. The summed E-state index contributed by atoms with van der Waals surface area (Å²) in [5.74, 6) is 0.123. The smallest absolute Gasteiger partial charge is 0.267 e. The molecule has 122 valence electrons. The van der Waals surface area contributed by atoms with Crippen molar-refractivity contribution in [3.05, 3.63) is 64.5 Å². The van der Waals surface area contributed by atoms with Gasteiger partial charge < -0.3 is 5.32 Å². The number of amides is 1. The highest BCUT2D eigenvalue weighted by atomic mass is 16.2. The summed E-state index contributed by atoms with van der Waals surface area (Å²) in [4.78, 5) is 28.0. The second-order valence-electron chi connectivity index (χ2n) is 5.32. The first-order valence-corrected chi connectivity index (χ1v) is 7.34. The van der Waals surface area contributed by atoms with Crippen molar-refractivity contribution in [1.82, 2.24) is 24.5 Å². The average molecular weight is 324 g/mol. The van der Waals surface area contributed by atoms with E-state index in [-0.39, 0.29) is 18.0 Å². The van der Waals surface area contributed by atoms with E-state index < -0.39 is 0 Å². The summed E-state index contributed by atoms with van der Waals surface area (Å²) in [6.07, 6.45) is 3.14. The number of carbonyl (C=O) groups is 1. The lowest BCUT2D eigenvalue weighted by molar-refractivity contribution is -0.117. The Kier molecular flexibility index (Phi) is 4.19. The number of nitrogens with zero attached hydrogens (tertiary/aromatic N) is 5. The number of rotatable bonds is 4. The molecule has 0 aliphatic rings. The Hall–Kier alpha value is -3.29. The molecule has 24 heavy (non-hydrogen) atoms. The Morgan fingerprint density at radius 2 is 2.04 bits per heavy atom. The molecule has 1 N–H and O–H groups in total. The van der Waals surface area contributed by atoms with Gasteiger partial charge in [-0.1, -0.05) is 0 Å². The van der Waals surface area contributed by atoms with E-state index in [9.17, 15) is 9.59 Å². The van der Waals surface area contributed by atoms with Crippen LogP contribution in [0.4, 0.5) is 5.69 Å². The highest BCUT2D eigenvalue weighted by Crippen LogP contribution is 2.08. The third-order valence-corrected chi connectivity index (χ3v) is 3.32. The fourth-order valence-electron chi connectivity index (χ4n) is 2.30. The molecule has 0 saturated heterocycles. The summed E-state index contributed by atoms with van der Waals surface area (Å²) in [7, 11) is 0. The molecule has 3 rings (SSSR count). The van der Waals surface area contributed by atoms with Gasteiger partial charge in [0.05, 0.1) is 17.6 Å². The lowest BCUT2D eigenvalue weighted by Crippen LogP contribution is -2.30. The third-order valence-electron chi connectivity index (χ3n) is 3.32. The van der Waals surface area contributed by atoms with Crippen molar-refractivity contribution in [2.24, 2.45) is 0 Å². The molecule has 3 aromatic heterocycles. The van der Waals surface area contributed by atoms with Crippen LogP contribution in [0.2, 0.25) is 0 Å². The molecule has 0 saturated carbocycles. The molecule has 0 aliphatic heterocycles. The maximum atomic E-state index is 12.1. The number of aromatic nitrogens is 5. The maximum absolute atomic E-state index is 12.1. The van der Waals surface area contributed by atoms with E-state index in [0.29, 0.717) is 11.5 Å². The summed E-state index contributed by atoms with van der Waals surface area (Å²) in [5, 5.41) is 11.2. The van der Waals surface area contributed by atoms with Crippen LogP contribution in [0.3, 0.4) is 0 Å². The van der Waals surface area contributed by atoms with E-state index in [0.717, 1.165) is 16.1 Å². The van der Waals surface area contributed by atoms with Crippen LogP contribution in [-0.4, -0.2) is 30.5 Å². The predicted molar refractivity (Wildman–Crippen MR) is 88.0 cm³/mol. The van der Waals surface area contributed by atoms with Gasteiger partial charge >= 0.3 is 0 Å². The second-order valence-corrected chi connectivity index (χ2v) is 5.32. The van der Waals surface area contributed by atoms with Crippen LogP contribution >= 0.6 is 0 Å². The molecule has 0 atom stereocenters. The minimum absolute atomic E-state index is 0.194. The number of anilines is 1. The van der Waals surface area contributed by atoms with Crippen molar-refractivity contribution < 1.29 is 4.79 Å². The Balaban J connectivity index is 1.83. The minimum Gasteiger partial charge on any atom is -0.323 e. The van der Waals surface area contributed by atoms with Crippen LogP contribution in [0.15, 0.2) is 47.5 Å². The highest BCUT2D eigenvalue weighted by molar-refractivity contribution is 5.90. The zero-order chi connectivity index (χ0) is 17.1. The first-order valence-electron chi connectivity index (χ1n) is 7.34. The highest BCUT2D eigenvalue weighted by Gasteiger charge is 2.10. The lowest BCUT2D eigenvalue weighted by atomic mass is 10.4. The molecule has 0 aromatic carbocycles. The van der Waals surface area contributed by atoms with Gasteiger partial charge in [-0.2, -0.15) is 5.10 Å². The van der Waals surface area contributed by atoms with Gasteiger partial charge in [0.25, 0.3) is 5.56 Å². The Labute approximate surface area is 137 Å². The van der Waals surface area contributed by atoms with E-state index in [2.05, 4.69) is 20.5 Å². The molecule has 8 heteroatoms. The number of aryl methyl sites for hydroxylation is 2. The van der Waals surface area contributed by atoms with E-state index >= 15 is 0 Å². The fraction of sp³-hybridized carbons (Fsp3) is 0.188. The normalized spacial score (nSPS) is 10.6. The van der Waals surface area contributed by atoms with Crippen molar-refractivity contribution in [1.29, 1.82) is 0 Å². The molecule has 0 aliphatic carbocycles. The van der Waals surface area contributed by atoms with Crippen LogP contribution in [0.25, 0.3) is 5.82 Å². The van der Waals surface area contributed by atoms with E-state index in [4.69, 9.17) is 0 Å². The molecule has 8 nitrogen and oxygen atoms in total. The van der Waals surface area contributed by atoms with Gasteiger partial charge in [-0.15, -0.1) is 5.10 Å². The van der Waals surface area contributed by atoms with Crippen molar-refractivity contribution in [2.45, 2.75) is 20.4 Å². The zero-order valence-electron chi connectivity index (χ0n) is 13.3. The predicted octanol–water partition coefficient (Wildman–Crippen LogP) is 1.08. The third kappa shape index (κ3) is 3.37. The van der Waals surface area contributed by atoms with Gasteiger partial charge in [-0.25, -0.2) is 9.36 Å². The first-order chi connectivity index (χ1) is 11.5. The number of nitrogens with one attached hydrogen (secondary N) is 1. The summed E-state index contributed by atoms with van der Waals surface area (Å²) in [6, 6.07) is 8.29. The second kappa shape index (κ2) is 6.45. The minimum atomic E-state index is -0.360. The molecular formula is C16H16N6O2. The molecule has 3 heterocycles. The molecule has 0 unspecified atom stereocenters. The molecule has 0 bridgehead atoms. The summed E-state index contributed by atoms with van der Waals surface area (Å²) in [6.45, 7) is 3.58. The van der Waals surface area contributed by atoms with Crippen molar-refractivity contribution in [3.8, 4) is 5.82 Å². The van der Waals surface area contributed by atoms with Crippen molar-refractivity contribution in [3.63, 3.8) is 0 Å². The van der Waals surface area contributed by atoms with Crippen molar-refractivity contribution >= 4 is 11.6 Å². The van der Waals surface area contributed by atoms with E-state index in [1.807, 2.05) is 19.9 Å². The van der Waals surface area contributed by atoms with E-state index in [1.54, 1.807) is 29.1 Å². The number of hydrogen-bond acceptors (Lipinski definition) is 5. The van der Waals surface area contributed by atoms with Gasteiger partial charge in [0.2, 0.25) is 5.91 Å². The molecule has 0 fully saturated rings. The number of carbonyl (C=O) groups excluding carboxylic acids is 1. The van der Waals surface area contributed by atoms with Crippen LogP contribution < -0.4 is 10.9 Å². The monoisotopic (exact) mass is 324 g/mol. The van der Waals surface area contributed by atoms with Crippen LogP contribution in [0.1, 0.15) is 11.4 Å². The van der Waals surface area contributed by atoms with Gasteiger partial charge in [0.1, 0.15) is 6.54 Å². The summed E-state index contributed by atoms with van der Waals surface area (Å²) >= 11 is 0. The number of hydrogen-bond donors (Lipinski definition) is 1. The molecule has 1 amide bonds. The van der Waals surface area contributed by atoms with Gasteiger partial charge in [-0.05, 0) is 38.1 Å². The zero-order valence-corrected chi connectivity index (χ0v) is 13.3. The Bertz CT molecular complexity index is 929. The van der Waals surface area contributed by atoms with E-state index in [1.165, 1.54) is 12.3 Å². The topological polar surface area (TPSA) is 94.7 Å². The van der Waals surface area contributed by atoms with Gasteiger partial charge in [-0.3, -0.25) is 14.6 Å². The SMILES string of the molecule is Cc1cc(C)n(-c2ccc(=O)n(CC(=O)Nc3cccnc3)n2)n1. The first kappa shape index (κ1) is 15.6. The van der Waals surface area contributed by atoms with Gasteiger partial charge in [0, 0.05) is 18.0 Å². The largest absolute Gasteiger partial charge is 0.323 e. The summed E-state index contributed by atoms with van der Waals surface area (Å²) in [5.41, 5.74) is 1.94. The van der Waals surface area contributed by atoms with Crippen molar-refractivity contribution in [2.75, 3.05) is 5.32 Å². The Morgan fingerprint density at radius 3 is 2.71 bits per heavy atom. The van der Waals surface area contributed by atoms with Crippen LogP contribution in [0.5, 0.6) is 0 Å². The molecule has 0 radical (unpaired) electrons. The van der Waals surface area contributed by atoms with Crippen LogP contribution in [0, 0.1) is 13.8 Å². The Morgan fingerprint density at radius 1 is 1.21 bits per heavy atom. The number of pyridine rings is 1. The lowest BCUT2D eigenvalue weighted by Gasteiger charge is -2.08. The molecule has 0 spiro atoms. The quantitative estimate of drug-likeness (QED) is 0.775. The average Bonchev–Trinajstić information content (AvgIpc) is 2.89. The molecule has 3 aromatic rings. The standard InChI is InChI=1S/C16H16N6O2/c1-11-8-12(2)22(19-11)14-5-6-16(24)21(20-14)10-15(23)18-13-4-3-7-17-9-13/h3-9H,10H2,1-2H3,(H,18,23). The molecular weight excluding hydrogens is 308 g/mol. The van der Waals surface area contributed by atoms with Gasteiger partial charge in [0.15, 0.2) is 5.82 Å². The maximum Gasteiger partial charge on any atom is 0.267 e.